The Balaban J connectivity index is 1.65. The van der Waals surface area contributed by atoms with Crippen molar-refractivity contribution >= 4 is 28.9 Å². The number of thiazole rings is 1. The number of anilines is 1. The molecular formula is C20H18N2O4S. The van der Waals surface area contributed by atoms with Crippen molar-refractivity contribution in [1.82, 2.24) is 4.98 Å². The lowest BCUT2D eigenvalue weighted by atomic mass is 10.1. The van der Waals surface area contributed by atoms with Gasteiger partial charge in [-0.1, -0.05) is 12.1 Å². The first-order valence-electron chi connectivity index (χ1n) is 8.19. The fraction of sp³-hybridized carbons (Fsp3) is 0.150. The van der Waals surface area contributed by atoms with Gasteiger partial charge in [-0.25, -0.2) is 9.78 Å². The van der Waals surface area contributed by atoms with E-state index in [1.807, 2.05) is 12.3 Å². The topological polar surface area (TPSA) is 77.5 Å². The van der Waals surface area contributed by atoms with Crippen LogP contribution in [0.1, 0.15) is 31.4 Å². The SMILES string of the molecule is COC(=O)c1ccccc1NC(=O)c1ccc(OCc2nc(C)cs2)cc1. The molecule has 0 radical (unpaired) electrons. The summed E-state index contributed by atoms with van der Waals surface area (Å²) in [6, 6.07) is 13.5. The zero-order valence-corrected chi connectivity index (χ0v) is 15.7. The van der Waals surface area contributed by atoms with Gasteiger partial charge >= 0.3 is 5.97 Å². The van der Waals surface area contributed by atoms with Crippen LogP contribution in [0.2, 0.25) is 0 Å². The van der Waals surface area contributed by atoms with Gasteiger partial charge in [-0.3, -0.25) is 4.79 Å². The molecule has 3 aromatic rings. The van der Waals surface area contributed by atoms with E-state index in [2.05, 4.69) is 10.3 Å². The van der Waals surface area contributed by atoms with E-state index < -0.39 is 5.97 Å². The number of hydrogen-bond donors (Lipinski definition) is 1. The number of amides is 1. The van der Waals surface area contributed by atoms with Gasteiger partial charge < -0.3 is 14.8 Å². The molecule has 0 aliphatic heterocycles. The normalized spacial score (nSPS) is 10.3. The van der Waals surface area contributed by atoms with Crippen molar-refractivity contribution in [2.24, 2.45) is 0 Å². The molecule has 0 aliphatic carbocycles. The maximum absolute atomic E-state index is 12.5. The number of rotatable bonds is 6. The third-order valence-electron chi connectivity index (χ3n) is 3.73. The Labute approximate surface area is 160 Å². The van der Waals surface area contributed by atoms with Gasteiger partial charge in [-0.05, 0) is 43.3 Å². The maximum Gasteiger partial charge on any atom is 0.339 e. The lowest BCUT2D eigenvalue weighted by Crippen LogP contribution is -2.15. The molecule has 1 amide bonds. The molecule has 7 heteroatoms. The smallest absolute Gasteiger partial charge is 0.339 e. The number of nitrogens with one attached hydrogen (secondary N) is 1. The largest absolute Gasteiger partial charge is 0.486 e. The lowest BCUT2D eigenvalue weighted by molar-refractivity contribution is 0.0602. The van der Waals surface area contributed by atoms with Crippen LogP contribution in [0.3, 0.4) is 0 Å². The lowest BCUT2D eigenvalue weighted by Gasteiger charge is -2.10. The molecule has 0 unspecified atom stereocenters. The highest BCUT2D eigenvalue weighted by molar-refractivity contribution is 7.09. The molecule has 27 heavy (non-hydrogen) atoms. The van der Waals surface area contributed by atoms with Gasteiger partial charge in [0.15, 0.2) is 0 Å². The van der Waals surface area contributed by atoms with E-state index in [9.17, 15) is 9.59 Å². The monoisotopic (exact) mass is 382 g/mol. The summed E-state index contributed by atoms with van der Waals surface area (Å²) in [4.78, 5) is 28.6. The van der Waals surface area contributed by atoms with E-state index in [0.717, 1.165) is 10.7 Å². The van der Waals surface area contributed by atoms with Crippen LogP contribution in [0, 0.1) is 6.92 Å². The molecule has 138 valence electrons. The molecule has 3 rings (SSSR count). The molecule has 1 aromatic heterocycles. The molecule has 1 N–H and O–H groups in total. The molecular weight excluding hydrogens is 364 g/mol. The van der Waals surface area contributed by atoms with Gasteiger partial charge in [0.25, 0.3) is 5.91 Å². The van der Waals surface area contributed by atoms with Crippen molar-refractivity contribution in [3.8, 4) is 5.75 Å². The number of aryl methyl sites for hydroxylation is 1. The molecule has 2 aromatic carbocycles. The van der Waals surface area contributed by atoms with E-state index in [1.165, 1.54) is 7.11 Å². The third-order valence-corrected chi connectivity index (χ3v) is 4.67. The van der Waals surface area contributed by atoms with Crippen LogP contribution in [-0.2, 0) is 11.3 Å². The number of hydrogen-bond acceptors (Lipinski definition) is 6. The van der Waals surface area contributed by atoms with E-state index in [4.69, 9.17) is 9.47 Å². The van der Waals surface area contributed by atoms with Gasteiger partial charge in [0.05, 0.1) is 18.4 Å². The first-order valence-corrected chi connectivity index (χ1v) is 9.07. The summed E-state index contributed by atoms with van der Waals surface area (Å²) in [5, 5.41) is 5.60. The summed E-state index contributed by atoms with van der Waals surface area (Å²) in [7, 11) is 1.30. The van der Waals surface area contributed by atoms with Crippen LogP contribution in [0.15, 0.2) is 53.9 Å². The molecule has 0 bridgehead atoms. The number of carbonyl (C=O) groups excluding carboxylic acids is 2. The molecule has 0 aliphatic rings. The highest BCUT2D eigenvalue weighted by Gasteiger charge is 2.14. The molecule has 0 saturated carbocycles. The fourth-order valence-electron chi connectivity index (χ4n) is 2.39. The zero-order valence-electron chi connectivity index (χ0n) is 14.9. The van der Waals surface area contributed by atoms with Crippen molar-refractivity contribution in [2.75, 3.05) is 12.4 Å². The predicted octanol–water partition coefficient (Wildman–Crippen LogP) is 4.07. The zero-order chi connectivity index (χ0) is 19.2. The van der Waals surface area contributed by atoms with Crippen LogP contribution >= 0.6 is 11.3 Å². The van der Waals surface area contributed by atoms with Gasteiger partial charge in [-0.15, -0.1) is 11.3 Å². The number of benzene rings is 2. The van der Waals surface area contributed by atoms with Crippen molar-refractivity contribution in [2.45, 2.75) is 13.5 Å². The summed E-state index contributed by atoms with van der Waals surface area (Å²) in [5.41, 5.74) is 2.12. The summed E-state index contributed by atoms with van der Waals surface area (Å²) in [6.07, 6.45) is 0. The minimum atomic E-state index is -0.507. The number of nitrogens with zero attached hydrogens (tertiary/aromatic N) is 1. The third kappa shape index (κ3) is 4.71. The number of aromatic nitrogens is 1. The Kier molecular flexibility index (Phi) is 5.83. The molecule has 0 saturated heterocycles. The van der Waals surface area contributed by atoms with Crippen molar-refractivity contribution in [1.29, 1.82) is 0 Å². The fourth-order valence-corrected chi connectivity index (χ4v) is 3.07. The first-order chi connectivity index (χ1) is 13.1. The van der Waals surface area contributed by atoms with E-state index >= 15 is 0 Å². The second-order valence-electron chi connectivity index (χ2n) is 5.69. The number of para-hydroxylation sites is 1. The van der Waals surface area contributed by atoms with Crippen LogP contribution < -0.4 is 10.1 Å². The second-order valence-corrected chi connectivity index (χ2v) is 6.63. The predicted molar refractivity (Wildman–Crippen MR) is 103 cm³/mol. The molecule has 6 nitrogen and oxygen atoms in total. The number of carbonyl (C=O) groups is 2. The van der Waals surface area contributed by atoms with Crippen LogP contribution in [0.4, 0.5) is 5.69 Å². The van der Waals surface area contributed by atoms with Crippen LogP contribution in [0.5, 0.6) is 5.75 Å². The molecule has 1 heterocycles. The van der Waals surface area contributed by atoms with Crippen molar-refractivity contribution in [3.63, 3.8) is 0 Å². The highest BCUT2D eigenvalue weighted by atomic mass is 32.1. The Bertz CT molecular complexity index is 951. The number of esters is 1. The second kappa shape index (κ2) is 8.46. The summed E-state index contributed by atoms with van der Waals surface area (Å²) in [5.74, 6) is -0.185. The summed E-state index contributed by atoms with van der Waals surface area (Å²) >= 11 is 1.55. The quantitative estimate of drug-likeness (QED) is 0.650. The number of ether oxygens (including phenoxy) is 2. The van der Waals surface area contributed by atoms with Gasteiger partial charge in [0, 0.05) is 16.6 Å². The molecule has 0 atom stereocenters. The van der Waals surface area contributed by atoms with Crippen molar-refractivity contribution in [3.05, 3.63) is 75.7 Å². The van der Waals surface area contributed by atoms with E-state index in [1.54, 1.807) is 59.9 Å². The summed E-state index contributed by atoms with van der Waals surface area (Å²) in [6.45, 7) is 2.32. The highest BCUT2D eigenvalue weighted by Crippen LogP contribution is 2.19. The Hall–Kier alpha value is -3.19. The van der Waals surface area contributed by atoms with Crippen molar-refractivity contribution < 1.29 is 19.1 Å². The minimum absolute atomic E-state index is 0.298. The molecule has 0 spiro atoms. The Morgan fingerprint density at radius 3 is 2.52 bits per heavy atom. The standard InChI is InChI=1S/C20H18N2O4S/c1-13-12-27-18(21-13)11-26-15-9-7-14(8-10-15)19(23)22-17-6-4-3-5-16(17)20(24)25-2/h3-10,12H,11H2,1-2H3,(H,22,23). The average Bonchev–Trinajstić information content (AvgIpc) is 3.12. The van der Waals surface area contributed by atoms with Gasteiger partial charge in [-0.2, -0.15) is 0 Å². The van der Waals surface area contributed by atoms with Crippen LogP contribution in [0.25, 0.3) is 0 Å². The summed E-state index contributed by atoms with van der Waals surface area (Å²) < 4.78 is 10.4. The van der Waals surface area contributed by atoms with E-state index in [-0.39, 0.29) is 5.91 Å². The maximum atomic E-state index is 12.5. The Morgan fingerprint density at radius 2 is 1.85 bits per heavy atom. The first kappa shape index (κ1) is 18.6. The molecule has 0 fully saturated rings. The van der Waals surface area contributed by atoms with Gasteiger partial charge in [0.2, 0.25) is 0 Å². The van der Waals surface area contributed by atoms with Gasteiger partial charge in [0.1, 0.15) is 17.4 Å². The van der Waals surface area contributed by atoms with E-state index in [0.29, 0.717) is 29.2 Å². The van der Waals surface area contributed by atoms with Crippen LogP contribution in [-0.4, -0.2) is 24.0 Å². The minimum Gasteiger partial charge on any atom is -0.486 e. The number of methoxy groups -OCH3 is 1. The average molecular weight is 382 g/mol. The Morgan fingerprint density at radius 1 is 1.11 bits per heavy atom.